The number of thioether (sulfide) groups is 1. The molecule has 0 heterocycles. The SMILES string of the molecule is OC(CN(Cc1cc(C(F)(F)F)ccc1F)c1ccc(Oc2cccc(SC(F)(F)F)c2)cc1)C(F)(F)F. The van der Waals surface area contributed by atoms with Crippen LogP contribution in [0.2, 0.25) is 0 Å². The Morgan fingerprint density at radius 3 is 2.05 bits per heavy atom. The van der Waals surface area contributed by atoms with Crippen LogP contribution in [-0.4, -0.2) is 29.4 Å². The summed E-state index contributed by atoms with van der Waals surface area (Å²) in [7, 11) is 0. The number of anilines is 1. The Labute approximate surface area is 213 Å². The van der Waals surface area contributed by atoms with Gasteiger partial charge < -0.3 is 14.7 Å². The van der Waals surface area contributed by atoms with Gasteiger partial charge in [-0.1, -0.05) is 6.07 Å². The van der Waals surface area contributed by atoms with E-state index >= 15 is 0 Å². The average Bonchev–Trinajstić information content (AvgIpc) is 2.78. The van der Waals surface area contributed by atoms with E-state index in [4.69, 9.17) is 4.74 Å². The van der Waals surface area contributed by atoms with Crippen LogP contribution in [0.3, 0.4) is 0 Å². The first kappa shape index (κ1) is 29.4. The lowest BCUT2D eigenvalue weighted by molar-refractivity contribution is -0.200. The van der Waals surface area contributed by atoms with E-state index in [2.05, 4.69) is 0 Å². The fraction of sp³-hybridized carbons (Fsp3) is 0.250. The van der Waals surface area contributed by atoms with Crippen molar-refractivity contribution in [3.8, 4) is 11.5 Å². The van der Waals surface area contributed by atoms with Crippen molar-refractivity contribution in [3.05, 3.63) is 83.7 Å². The van der Waals surface area contributed by atoms with E-state index in [1.54, 1.807) is 0 Å². The predicted molar refractivity (Wildman–Crippen MR) is 119 cm³/mol. The molecule has 206 valence electrons. The maximum absolute atomic E-state index is 14.3. The van der Waals surface area contributed by atoms with Crippen LogP contribution < -0.4 is 9.64 Å². The Balaban J connectivity index is 1.86. The van der Waals surface area contributed by atoms with Crippen LogP contribution >= 0.6 is 11.8 Å². The van der Waals surface area contributed by atoms with E-state index in [1.807, 2.05) is 0 Å². The van der Waals surface area contributed by atoms with Crippen molar-refractivity contribution in [2.75, 3.05) is 11.4 Å². The first-order valence-electron chi connectivity index (χ1n) is 10.5. The minimum atomic E-state index is -5.06. The topological polar surface area (TPSA) is 32.7 Å². The first-order valence-corrected chi connectivity index (χ1v) is 11.3. The number of ether oxygens (including phenoxy) is 1. The highest BCUT2D eigenvalue weighted by atomic mass is 32.2. The van der Waals surface area contributed by atoms with E-state index in [9.17, 15) is 49.0 Å². The van der Waals surface area contributed by atoms with Gasteiger partial charge in [-0.05, 0) is 72.4 Å². The normalized spacial score (nSPS) is 13.3. The van der Waals surface area contributed by atoms with Gasteiger partial charge in [0.05, 0.1) is 12.1 Å². The summed E-state index contributed by atoms with van der Waals surface area (Å²) in [5.74, 6) is -0.993. The van der Waals surface area contributed by atoms with Gasteiger partial charge in [0.2, 0.25) is 0 Å². The second-order valence-corrected chi connectivity index (χ2v) is 9.00. The van der Waals surface area contributed by atoms with Crippen molar-refractivity contribution >= 4 is 17.4 Å². The molecule has 1 N–H and O–H groups in total. The molecule has 0 aliphatic heterocycles. The molecule has 1 atom stereocenters. The lowest BCUT2D eigenvalue weighted by Crippen LogP contribution is -2.41. The summed E-state index contributed by atoms with van der Waals surface area (Å²) in [6.45, 7) is -1.88. The molecular formula is C24H17F10NO2S. The fourth-order valence-corrected chi connectivity index (χ4v) is 3.84. The molecule has 0 spiro atoms. The van der Waals surface area contributed by atoms with Gasteiger partial charge in [0.25, 0.3) is 0 Å². The minimum absolute atomic E-state index is 0.0289. The van der Waals surface area contributed by atoms with Crippen molar-refractivity contribution in [2.45, 2.75) is 35.4 Å². The van der Waals surface area contributed by atoms with Crippen LogP contribution in [0.1, 0.15) is 11.1 Å². The molecule has 3 aromatic rings. The summed E-state index contributed by atoms with van der Waals surface area (Å²) < 4.78 is 136. The number of aliphatic hydroxyl groups excluding tert-OH is 1. The number of rotatable bonds is 8. The number of alkyl halides is 9. The lowest BCUT2D eigenvalue weighted by Gasteiger charge is -2.29. The van der Waals surface area contributed by atoms with Gasteiger partial charge in [-0.15, -0.1) is 0 Å². The van der Waals surface area contributed by atoms with Crippen LogP contribution in [0.5, 0.6) is 11.5 Å². The second-order valence-electron chi connectivity index (χ2n) is 7.86. The van der Waals surface area contributed by atoms with Gasteiger partial charge in [0.15, 0.2) is 6.10 Å². The van der Waals surface area contributed by atoms with E-state index in [-0.39, 0.29) is 33.8 Å². The van der Waals surface area contributed by atoms with E-state index in [0.717, 1.165) is 11.0 Å². The van der Waals surface area contributed by atoms with Crippen LogP contribution in [-0.2, 0) is 12.7 Å². The molecule has 3 rings (SSSR count). The molecule has 3 aromatic carbocycles. The zero-order valence-corrected chi connectivity index (χ0v) is 19.6. The largest absolute Gasteiger partial charge is 0.457 e. The molecule has 0 saturated carbocycles. The van der Waals surface area contributed by atoms with Crippen molar-refractivity contribution in [3.63, 3.8) is 0 Å². The van der Waals surface area contributed by atoms with Gasteiger partial charge in [-0.2, -0.15) is 39.5 Å². The maximum atomic E-state index is 14.3. The Hall–Kier alpha value is -3.13. The number of halogens is 10. The summed E-state index contributed by atoms with van der Waals surface area (Å²) in [6, 6.07) is 11.4. The molecular weight excluding hydrogens is 556 g/mol. The standard InChI is InChI=1S/C24H17F10NO2S/c25-20-9-4-15(22(26,27)28)10-14(20)12-35(13-21(36)23(29,30)31)16-5-7-17(8-6-16)37-18-2-1-3-19(11-18)38-24(32,33)34/h1-11,21,36H,12-13H2. The fourth-order valence-electron chi connectivity index (χ4n) is 3.25. The molecule has 0 radical (unpaired) electrons. The molecule has 0 fully saturated rings. The Morgan fingerprint density at radius 2 is 1.47 bits per heavy atom. The highest BCUT2D eigenvalue weighted by Crippen LogP contribution is 2.39. The zero-order valence-electron chi connectivity index (χ0n) is 18.8. The Kier molecular flexibility index (Phi) is 8.76. The van der Waals surface area contributed by atoms with Crippen molar-refractivity contribution in [1.82, 2.24) is 0 Å². The van der Waals surface area contributed by atoms with Gasteiger partial charge in [0, 0.05) is 22.7 Å². The molecule has 0 saturated heterocycles. The summed E-state index contributed by atoms with van der Waals surface area (Å²) in [6.07, 6.45) is -12.8. The van der Waals surface area contributed by atoms with Gasteiger partial charge >= 0.3 is 17.9 Å². The molecule has 0 bridgehead atoms. The van der Waals surface area contributed by atoms with Gasteiger partial charge in [0.1, 0.15) is 17.3 Å². The van der Waals surface area contributed by atoms with E-state index < -0.39 is 54.0 Å². The molecule has 0 aliphatic rings. The molecule has 38 heavy (non-hydrogen) atoms. The predicted octanol–water partition coefficient (Wildman–Crippen LogP) is 8.18. The Morgan fingerprint density at radius 1 is 0.816 bits per heavy atom. The van der Waals surface area contributed by atoms with Crippen LogP contribution in [0.4, 0.5) is 49.6 Å². The molecule has 0 aliphatic carbocycles. The monoisotopic (exact) mass is 573 g/mol. The third-order valence-corrected chi connectivity index (χ3v) is 5.70. The zero-order chi connectivity index (χ0) is 28.3. The third kappa shape index (κ3) is 8.45. The highest BCUT2D eigenvalue weighted by molar-refractivity contribution is 8.00. The molecule has 0 aromatic heterocycles. The van der Waals surface area contributed by atoms with Crippen molar-refractivity contribution in [2.24, 2.45) is 0 Å². The van der Waals surface area contributed by atoms with Crippen LogP contribution in [0.25, 0.3) is 0 Å². The summed E-state index contributed by atoms with van der Waals surface area (Å²) in [5.41, 5.74) is -6.32. The summed E-state index contributed by atoms with van der Waals surface area (Å²) >= 11 is -0.359. The number of hydrogen-bond acceptors (Lipinski definition) is 4. The molecule has 3 nitrogen and oxygen atoms in total. The van der Waals surface area contributed by atoms with Crippen molar-refractivity contribution < 1.29 is 53.7 Å². The van der Waals surface area contributed by atoms with Crippen LogP contribution in [0.15, 0.2) is 71.6 Å². The number of benzene rings is 3. The van der Waals surface area contributed by atoms with Gasteiger partial charge in [-0.3, -0.25) is 0 Å². The van der Waals surface area contributed by atoms with E-state index in [0.29, 0.717) is 18.2 Å². The first-order chi connectivity index (χ1) is 17.5. The summed E-state index contributed by atoms with van der Waals surface area (Å²) in [4.78, 5) is 0.684. The highest BCUT2D eigenvalue weighted by Gasteiger charge is 2.39. The third-order valence-electron chi connectivity index (χ3n) is 4.98. The minimum Gasteiger partial charge on any atom is -0.457 e. The quantitative estimate of drug-likeness (QED) is 0.218. The average molecular weight is 573 g/mol. The van der Waals surface area contributed by atoms with Crippen molar-refractivity contribution in [1.29, 1.82) is 0 Å². The molecule has 14 heteroatoms. The lowest BCUT2D eigenvalue weighted by atomic mass is 10.1. The number of nitrogens with zero attached hydrogens (tertiary/aromatic N) is 1. The van der Waals surface area contributed by atoms with Crippen LogP contribution in [0, 0.1) is 5.82 Å². The Bertz CT molecular complexity index is 1230. The number of aliphatic hydroxyl groups is 1. The van der Waals surface area contributed by atoms with E-state index in [1.165, 1.54) is 42.5 Å². The number of hydrogen-bond donors (Lipinski definition) is 1. The second kappa shape index (κ2) is 11.3. The molecule has 1 unspecified atom stereocenters. The maximum Gasteiger partial charge on any atom is 0.446 e. The summed E-state index contributed by atoms with van der Waals surface area (Å²) in [5, 5.41) is 9.56. The van der Waals surface area contributed by atoms with Gasteiger partial charge in [-0.25, -0.2) is 4.39 Å². The molecule has 0 amide bonds. The smallest absolute Gasteiger partial charge is 0.446 e.